The summed E-state index contributed by atoms with van der Waals surface area (Å²) in [5.41, 5.74) is 3.86. The highest BCUT2D eigenvalue weighted by molar-refractivity contribution is 5.39. The lowest BCUT2D eigenvalue weighted by molar-refractivity contribution is 0.226. The fourth-order valence-corrected chi connectivity index (χ4v) is 4.46. The average Bonchev–Trinajstić information content (AvgIpc) is 3.26. The van der Waals surface area contributed by atoms with Crippen LogP contribution in [0.1, 0.15) is 48.4 Å². The molecule has 2 fully saturated rings. The van der Waals surface area contributed by atoms with Gasteiger partial charge >= 0.3 is 0 Å². The Hall–Kier alpha value is -2.14. The maximum absolute atomic E-state index is 12.3. The number of aromatic nitrogens is 2. The molecule has 1 aromatic carbocycles. The number of likely N-dealkylation sites (tertiary alicyclic amines) is 1. The lowest BCUT2D eigenvalue weighted by Gasteiger charge is -2.25. The molecule has 2 aliphatic heterocycles. The summed E-state index contributed by atoms with van der Waals surface area (Å²) in [4.78, 5) is 14.8. The van der Waals surface area contributed by atoms with E-state index in [1.807, 2.05) is 6.07 Å². The average molecular weight is 365 g/mol. The fourth-order valence-electron chi connectivity index (χ4n) is 4.46. The van der Waals surface area contributed by atoms with Crippen LogP contribution in [0.2, 0.25) is 0 Å². The third-order valence-electron chi connectivity index (χ3n) is 6.21. The number of nitrogens with zero attached hydrogens (tertiary/aromatic N) is 3. The summed E-state index contributed by atoms with van der Waals surface area (Å²) in [5.74, 6) is 1.64. The van der Waals surface area contributed by atoms with Crippen molar-refractivity contribution >= 4 is 0 Å². The van der Waals surface area contributed by atoms with Crippen LogP contribution in [0, 0.1) is 0 Å². The van der Waals surface area contributed by atoms with Crippen molar-refractivity contribution in [3.05, 3.63) is 57.5 Å². The number of fused-ring (bicyclic) bond motifs is 1. The molecule has 0 radical (unpaired) electrons. The highest BCUT2D eigenvalue weighted by Crippen LogP contribution is 2.38. The number of hydrogen-bond acceptors (Lipinski definition) is 4. The topological polar surface area (TPSA) is 47.4 Å². The molecule has 1 aliphatic carbocycles. The Kier molecular flexibility index (Phi) is 4.48. The van der Waals surface area contributed by atoms with E-state index in [1.165, 1.54) is 30.4 Å². The normalized spacial score (nSPS) is 22.0. The molecule has 1 unspecified atom stereocenters. The van der Waals surface area contributed by atoms with Gasteiger partial charge in [-0.25, -0.2) is 4.68 Å². The predicted molar refractivity (Wildman–Crippen MR) is 104 cm³/mol. The lowest BCUT2D eigenvalue weighted by Crippen LogP contribution is -2.38. The largest absolute Gasteiger partial charge is 0.493 e. The van der Waals surface area contributed by atoms with E-state index in [0.29, 0.717) is 12.0 Å². The molecule has 1 atom stereocenters. The fraction of sp³-hybridized carbons (Fsp3) is 0.545. The molecule has 27 heavy (non-hydrogen) atoms. The predicted octanol–water partition coefficient (Wildman–Crippen LogP) is 2.76. The van der Waals surface area contributed by atoms with Crippen LogP contribution in [0.25, 0.3) is 0 Å². The zero-order valence-corrected chi connectivity index (χ0v) is 15.8. The molecule has 5 nitrogen and oxygen atoms in total. The molecule has 5 rings (SSSR count). The Bertz CT molecular complexity index is 887. The molecule has 1 saturated carbocycles. The SMILES string of the molecule is O=c1ccc(C2CC2)nn1CC1CCCN1CCc1ccc2c(c1)CCO2. The summed E-state index contributed by atoms with van der Waals surface area (Å²) in [6.07, 6.45) is 6.87. The van der Waals surface area contributed by atoms with Crippen LogP contribution in [-0.4, -0.2) is 40.4 Å². The van der Waals surface area contributed by atoms with Crippen LogP contribution in [0.3, 0.4) is 0 Å². The van der Waals surface area contributed by atoms with Gasteiger partial charge in [0.15, 0.2) is 0 Å². The third kappa shape index (κ3) is 3.65. The minimum atomic E-state index is 0.0323. The Labute approximate surface area is 160 Å². The van der Waals surface area contributed by atoms with E-state index in [0.717, 1.165) is 56.9 Å². The van der Waals surface area contributed by atoms with Crippen molar-refractivity contribution in [2.75, 3.05) is 19.7 Å². The smallest absolute Gasteiger partial charge is 0.266 e. The van der Waals surface area contributed by atoms with Gasteiger partial charge in [-0.3, -0.25) is 9.69 Å². The van der Waals surface area contributed by atoms with Crippen molar-refractivity contribution in [3.63, 3.8) is 0 Å². The molecular formula is C22H27N3O2. The third-order valence-corrected chi connectivity index (χ3v) is 6.21. The molecule has 0 N–H and O–H groups in total. The molecule has 142 valence electrons. The number of rotatable bonds is 6. The van der Waals surface area contributed by atoms with Crippen LogP contribution in [0.15, 0.2) is 35.1 Å². The zero-order valence-electron chi connectivity index (χ0n) is 15.8. The van der Waals surface area contributed by atoms with Crippen LogP contribution in [0.4, 0.5) is 0 Å². The van der Waals surface area contributed by atoms with E-state index in [4.69, 9.17) is 4.74 Å². The number of ether oxygens (including phenoxy) is 1. The van der Waals surface area contributed by atoms with E-state index in [1.54, 1.807) is 10.7 Å². The highest BCUT2D eigenvalue weighted by atomic mass is 16.5. The van der Waals surface area contributed by atoms with E-state index < -0.39 is 0 Å². The van der Waals surface area contributed by atoms with Crippen LogP contribution in [-0.2, 0) is 19.4 Å². The minimum Gasteiger partial charge on any atom is -0.493 e. The molecule has 5 heteroatoms. The summed E-state index contributed by atoms with van der Waals surface area (Å²) < 4.78 is 7.32. The molecule has 1 aromatic heterocycles. The molecule has 2 aromatic rings. The monoisotopic (exact) mass is 365 g/mol. The van der Waals surface area contributed by atoms with Gasteiger partial charge in [0.2, 0.25) is 0 Å². The van der Waals surface area contributed by atoms with Crippen molar-refractivity contribution in [1.29, 1.82) is 0 Å². The number of hydrogen-bond donors (Lipinski definition) is 0. The van der Waals surface area contributed by atoms with Crippen LogP contribution >= 0.6 is 0 Å². The van der Waals surface area contributed by atoms with Crippen molar-refractivity contribution in [2.45, 2.75) is 57.0 Å². The zero-order chi connectivity index (χ0) is 18.2. The van der Waals surface area contributed by atoms with Crippen LogP contribution < -0.4 is 10.3 Å². The summed E-state index contributed by atoms with van der Waals surface area (Å²) in [5, 5.41) is 4.65. The van der Waals surface area contributed by atoms with Gasteiger partial charge in [-0.2, -0.15) is 5.10 Å². The van der Waals surface area contributed by atoms with Gasteiger partial charge in [0.05, 0.1) is 18.8 Å². The molecular weight excluding hydrogens is 338 g/mol. The summed E-state index contributed by atoms with van der Waals surface area (Å²) in [6, 6.07) is 10.7. The maximum Gasteiger partial charge on any atom is 0.266 e. The van der Waals surface area contributed by atoms with Gasteiger partial charge < -0.3 is 4.74 Å². The first kappa shape index (κ1) is 17.0. The highest BCUT2D eigenvalue weighted by Gasteiger charge is 2.28. The molecule has 0 spiro atoms. The Morgan fingerprint density at radius 2 is 2.07 bits per heavy atom. The Balaban J connectivity index is 1.24. The standard InChI is InChI=1S/C22H27N3O2/c26-22-8-6-20(17-4-5-17)23-25(22)15-19-2-1-11-24(19)12-9-16-3-7-21-18(14-16)10-13-27-21/h3,6-8,14,17,19H,1-2,4-5,9-13,15H2. The second-order valence-corrected chi connectivity index (χ2v) is 8.18. The summed E-state index contributed by atoms with van der Waals surface area (Å²) in [7, 11) is 0. The van der Waals surface area contributed by atoms with Gasteiger partial charge in [0.1, 0.15) is 5.75 Å². The number of benzene rings is 1. The Morgan fingerprint density at radius 1 is 1.15 bits per heavy atom. The summed E-state index contributed by atoms with van der Waals surface area (Å²) in [6.45, 7) is 3.70. The molecule has 0 bridgehead atoms. The summed E-state index contributed by atoms with van der Waals surface area (Å²) >= 11 is 0. The Morgan fingerprint density at radius 3 is 2.96 bits per heavy atom. The van der Waals surface area contributed by atoms with Gasteiger partial charge in [0, 0.05) is 31.0 Å². The second kappa shape index (κ2) is 7.12. The minimum absolute atomic E-state index is 0.0323. The van der Waals surface area contributed by atoms with Crippen molar-refractivity contribution in [2.24, 2.45) is 0 Å². The van der Waals surface area contributed by atoms with Gasteiger partial charge in [-0.1, -0.05) is 12.1 Å². The van der Waals surface area contributed by atoms with Crippen LogP contribution in [0.5, 0.6) is 5.75 Å². The first-order valence-electron chi connectivity index (χ1n) is 10.3. The quantitative estimate of drug-likeness (QED) is 0.790. The molecule has 0 amide bonds. The first-order valence-corrected chi connectivity index (χ1v) is 10.3. The van der Waals surface area contributed by atoms with Crippen molar-refractivity contribution in [3.8, 4) is 5.75 Å². The second-order valence-electron chi connectivity index (χ2n) is 8.18. The van der Waals surface area contributed by atoms with E-state index >= 15 is 0 Å². The van der Waals surface area contributed by atoms with E-state index in [9.17, 15) is 4.79 Å². The lowest BCUT2D eigenvalue weighted by atomic mass is 10.1. The van der Waals surface area contributed by atoms with E-state index in [-0.39, 0.29) is 5.56 Å². The first-order chi connectivity index (χ1) is 13.3. The van der Waals surface area contributed by atoms with E-state index in [2.05, 4.69) is 28.2 Å². The molecule has 1 saturated heterocycles. The maximum atomic E-state index is 12.3. The van der Waals surface area contributed by atoms with Crippen molar-refractivity contribution < 1.29 is 4.74 Å². The van der Waals surface area contributed by atoms with Gasteiger partial charge in [-0.15, -0.1) is 0 Å². The van der Waals surface area contributed by atoms with Gasteiger partial charge in [-0.05, 0) is 61.9 Å². The van der Waals surface area contributed by atoms with Crippen molar-refractivity contribution in [1.82, 2.24) is 14.7 Å². The molecule has 3 aliphatic rings. The van der Waals surface area contributed by atoms with Gasteiger partial charge in [0.25, 0.3) is 5.56 Å². The molecule has 3 heterocycles.